The van der Waals surface area contributed by atoms with Crippen molar-refractivity contribution in [2.75, 3.05) is 14.2 Å². The third-order valence-corrected chi connectivity index (χ3v) is 1.66. The number of pyridine rings is 1. The van der Waals surface area contributed by atoms with Gasteiger partial charge in [0.2, 0.25) is 12.2 Å². The number of hydrogen-bond donors (Lipinski definition) is 0. The zero-order chi connectivity index (χ0) is 11.3. The van der Waals surface area contributed by atoms with E-state index in [4.69, 9.17) is 14.2 Å². The molecule has 0 N–H and O–H groups in total. The predicted octanol–water partition coefficient (Wildman–Crippen LogP) is 1.30. The van der Waals surface area contributed by atoms with Crippen LogP contribution in [0.15, 0.2) is 18.2 Å². The Morgan fingerprint density at radius 3 is 2.53 bits per heavy atom. The molecule has 0 aliphatic rings. The van der Waals surface area contributed by atoms with Crippen molar-refractivity contribution >= 4 is 5.97 Å². The first-order valence-corrected chi connectivity index (χ1v) is 4.38. The van der Waals surface area contributed by atoms with E-state index in [9.17, 15) is 4.79 Å². The van der Waals surface area contributed by atoms with E-state index in [2.05, 4.69) is 4.98 Å². The number of ether oxygens (including phenoxy) is 3. The second kappa shape index (κ2) is 5.43. The SMILES string of the molecule is COC(OC)c1cccc(OC(C)=O)n1. The molecule has 0 unspecified atom stereocenters. The van der Waals surface area contributed by atoms with Crippen LogP contribution in [0.2, 0.25) is 0 Å². The monoisotopic (exact) mass is 211 g/mol. The Morgan fingerprint density at radius 1 is 1.33 bits per heavy atom. The fourth-order valence-electron chi connectivity index (χ4n) is 1.10. The molecule has 0 atom stereocenters. The van der Waals surface area contributed by atoms with Gasteiger partial charge in [0, 0.05) is 27.2 Å². The van der Waals surface area contributed by atoms with Gasteiger partial charge >= 0.3 is 5.97 Å². The number of carbonyl (C=O) groups is 1. The molecule has 82 valence electrons. The second-order valence-corrected chi connectivity index (χ2v) is 2.80. The van der Waals surface area contributed by atoms with Crippen LogP contribution in [-0.2, 0) is 14.3 Å². The van der Waals surface area contributed by atoms with E-state index >= 15 is 0 Å². The topological polar surface area (TPSA) is 57.7 Å². The molecule has 0 saturated carbocycles. The summed E-state index contributed by atoms with van der Waals surface area (Å²) in [5, 5.41) is 0. The number of methoxy groups -OCH3 is 2. The van der Waals surface area contributed by atoms with Gasteiger partial charge in [-0.1, -0.05) is 6.07 Å². The van der Waals surface area contributed by atoms with Crippen LogP contribution in [0.25, 0.3) is 0 Å². The molecule has 0 fully saturated rings. The van der Waals surface area contributed by atoms with Crippen molar-refractivity contribution in [1.29, 1.82) is 0 Å². The fraction of sp³-hybridized carbons (Fsp3) is 0.400. The maximum absolute atomic E-state index is 10.7. The highest BCUT2D eigenvalue weighted by Crippen LogP contribution is 2.17. The maximum atomic E-state index is 10.7. The highest BCUT2D eigenvalue weighted by atomic mass is 16.7. The van der Waals surface area contributed by atoms with Crippen molar-refractivity contribution in [3.05, 3.63) is 23.9 Å². The first-order chi connectivity index (χ1) is 7.17. The van der Waals surface area contributed by atoms with Crippen LogP contribution in [-0.4, -0.2) is 25.2 Å². The van der Waals surface area contributed by atoms with Crippen LogP contribution in [0.4, 0.5) is 0 Å². The largest absolute Gasteiger partial charge is 0.408 e. The summed E-state index contributed by atoms with van der Waals surface area (Å²) in [6.45, 7) is 1.32. The molecule has 5 nitrogen and oxygen atoms in total. The lowest BCUT2D eigenvalue weighted by Gasteiger charge is -2.12. The number of carbonyl (C=O) groups excluding carboxylic acids is 1. The molecule has 0 saturated heterocycles. The summed E-state index contributed by atoms with van der Waals surface area (Å²) in [6, 6.07) is 5.03. The fourth-order valence-corrected chi connectivity index (χ4v) is 1.10. The average molecular weight is 211 g/mol. The van der Waals surface area contributed by atoms with E-state index in [-0.39, 0.29) is 5.88 Å². The second-order valence-electron chi connectivity index (χ2n) is 2.80. The van der Waals surface area contributed by atoms with Gasteiger partial charge < -0.3 is 14.2 Å². The first-order valence-electron chi connectivity index (χ1n) is 4.38. The van der Waals surface area contributed by atoms with E-state index in [1.165, 1.54) is 21.1 Å². The van der Waals surface area contributed by atoms with Crippen LogP contribution in [0.1, 0.15) is 18.9 Å². The third-order valence-electron chi connectivity index (χ3n) is 1.66. The van der Waals surface area contributed by atoms with E-state index in [1.54, 1.807) is 18.2 Å². The summed E-state index contributed by atoms with van der Waals surface area (Å²) in [5.74, 6) is -0.176. The minimum atomic E-state index is -0.555. The van der Waals surface area contributed by atoms with E-state index in [0.29, 0.717) is 5.69 Å². The van der Waals surface area contributed by atoms with E-state index in [0.717, 1.165) is 0 Å². The van der Waals surface area contributed by atoms with Gasteiger partial charge in [0.1, 0.15) is 5.69 Å². The molecule has 1 aromatic heterocycles. The van der Waals surface area contributed by atoms with Gasteiger partial charge in [-0.05, 0) is 6.07 Å². The van der Waals surface area contributed by atoms with Gasteiger partial charge in [-0.3, -0.25) is 4.79 Å². The predicted molar refractivity (Wildman–Crippen MR) is 52.3 cm³/mol. The Labute approximate surface area is 88.0 Å². The van der Waals surface area contributed by atoms with Crippen LogP contribution in [0.3, 0.4) is 0 Å². The van der Waals surface area contributed by atoms with Crippen molar-refractivity contribution in [1.82, 2.24) is 4.98 Å². The molecular formula is C10H13NO4. The van der Waals surface area contributed by atoms with Crippen LogP contribution in [0.5, 0.6) is 5.88 Å². The number of esters is 1. The third kappa shape index (κ3) is 3.30. The minimum Gasteiger partial charge on any atom is -0.408 e. The average Bonchev–Trinajstić information content (AvgIpc) is 2.19. The lowest BCUT2D eigenvalue weighted by Crippen LogP contribution is -2.08. The Kier molecular flexibility index (Phi) is 4.20. The molecule has 1 heterocycles. The zero-order valence-electron chi connectivity index (χ0n) is 8.89. The van der Waals surface area contributed by atoms with Gasteiger partial charge in [-0.2, -0.15) is 0 Å². The number of aromatic nitrogens is 1. The smallest absolute Gasteiger partial charge is 0.309 e. The number of hydrogen-bond acceptors (Lipinski definition) is 5. The molecule has 0 amide bonds. The van der Waals surface area contributed by atoms with Crippen LogP contribution >= 0.6 is 0 Å². The van der Waals surface area contributed by atoms with Crippen molar-refractivity contribution in [3.63, 3.8) is 0 Å². The Hall–Kier alpha value is -1.46. The summed E-state index contributed by atoms with van der Waals surface area (Å²) in [4.78, 5) is 14.8. The summed E-state index contributed by atoms with van der Waals surface area (Å²) in [7, 11) is 3.02. The highest BCUT2D eigenvalue weighted by Gasteiger charge is 2.11. The molecule has 0 radical (unpaired) electrons. The molecule has 1 aromatic rings. The van der Waals surface area contributed by atoms with Gasteiger partial charge in [0.05, 0.1) is 0 Å². The summed E-state index contributed by atoms with van der Waals surface area (Å²) < 4.78 is 14.9. The number of rotatable bonds is 4. The molecule has 0 aliphatic carbocycles. The lowest BCUT2D eigenvalue weighted by molar-refractivity contribution is -0.132. The molecule has 1 rings (SSSR count). The van der Waals surface area contributed by atoms with Crippen molar-refractivity contribution < 1.29 is 19.0 Å². The van der Waals surface area contributed by atoms with E-state index in [1.807, 2.05) is 0 Å². The molecule has 0 aliphatic heterocycles. The zero-order valence-corrected chi connectivity index (χ0v) is 8.89. The van der Waals surface area contributed by atoms with Gasteiger partial charge in [0.25, 0.3) is 0 Å². The molecular weight excluding hydrogens is 198 g/mol. The lowest BCUT2D eigenvalue weighted by atomic mass is 10.3. The van der Waals surface area contributed by atoms with Crippen LogP contribution in [0, 0.1) is 0 Å². The molecule has 15 heavy (non-hydrogen) atoms. The molecule has 0 aromatic carbocycles. The van der Waals surface area contributed by atoms with Gasteiger partial charge in [0.15, 0.2) is 0 Å². The minimum absolute atomic E-state index is 0.235. The maximum Gasteiger partial charge on any atom is 0.309 e. The molecule has 0 bridgehead atoms. The standard InChI is InChI=1S/C10H13NO4/c1-7(12)15-9-6-4-5-8(11-9)10(13-2)14-3/h4-6,10H,1-3H3. The Morgan fingerprint density at radius 2 is 2.00 bits per heavy atom. The quantitative estimate of drug-likeness (QED) is 0.555. The number of nitrogens with zero attached hydrogens (tertiary/aromatic N) is 1. The normalized spacial score (nSPS) is 10.4. The van der Waals surface area contributed by atoms with Crippen LogP contribution < -0.4 is 4.74 Å². The van der Waals surface area contributed by atoms with Crippen molar-refractivity contribution in [2.45, 2.75) is 13.2 Å². The van der Waals surface area contributed by atoms with Gasteiger partial charge in [-0.15, -0.1) is 0 Å². The van der Waals surface area contributed by atoms with Crippen molar-refractivity contribution in [2.24, 2.45) is 0 Å². The Balaban J connectivity index is 2.86. The first kappa shape index (κ1) is 11.6. The van der Waals surface area contributed by atoms with Crippen molar-refractivity contribution in [3.8, 4) is 5.88 Å². The Bertz CT molecular complexity index is 336. The summed E-state index contributed by atoms with van der Waals surface area (Å²) in [6.07, 6.45) is -0.555. The summed E-state index contributed by atoms with van der Waals surface area (Å²) >= 11 is 0. The summed E-state index contributed by atoms with van der Waals surface area (Å²) in [5.41, 5.74) is 0.554. The molecule has 5 heteroatoms. The molecule has 0 spiro atoms. The van der Waals surface area contributed by atoms with Gasteiger partial charge in [-0.25, -0.2) is 4.98 Å². The van der Waals surface area contributed by atoms with E-state index < -0.39 is 12.3 Å². The highest BCUT2D eigenvalue weighted by molar-refractivity contribution is 5.68.